The molecule has 1 rings (SSSR count). The van der Waals surface area contributed by atoms with Crippen molar-refractivity contribution < 1.29 is 14.3 Å². The van der Waals surface area contributed by atoms with Gasteiger partial charge in [0, 0.05) is 20.1 Å². The first-order valence-electron chi connectivity index (χ1n) is 7.15. The number of methoxy groups -OCH3 is 1. The molecular formula is C14H27N3O3S. The minimum Gasteiger partial charge on any atom is -0.467 e. The number of likely N-dealkylation sites (N-methyl/N-ethyl adjacent to an activating group) is 1. The first-order chi connectivity index (χ1) is 9.77. The van der Waals surface area contributed by atoms with Crippen LogP contribution in [0.1, 0.15) is 13.8 Å². The molecule has 122 valence electrons. The Hall–Kier alpha value is -0.790. The molecule has 0 radical (unpaired) electrons. The third kappa shape index (κ3) is 4.86. The normalized spacial score (nSPS) is 17.7. The van der Waals surface area contributed by atoms with E-state index < -0.39 is 6.04 Å². The zero-order chi connectivity index (χ0) is 16.2. The molecule has 0 bridgehead atoms. The van der Waals surface area contributed by atoms with E-state index in [2.05, 4.69) is 9.21 Å². The molecule has 1 heterocycles. The van der Waals surface area contributed by atoms with Crippen molar-refractivity contribution in [3.8, 4) is 0 Å². The fourth-order valence-corrected chi connectivity index (χ4v) is 3.29. The summed E-state index contributed by atoms with van der Waals surface area (Å²) in [5.41, 5.74) is 0. The van der Waals surface area contributed by atoms with Gasteiger partial charge in [0.2, 0.25) is 5.91 Å². The lowest BCUT2D eigenvalue weighted by molar-refractivity contribution is -0.156. The van der Waals surface area contributed by atoms with E-state index in [0.717, 1.165) is 19.0 Å². The summed E-state index contributed by atoms with van der Waals surface area (Å²) in [5, 5.41) is 0. The molecule has 0 aromatic heterocycles. The van der Waals surface area contributed by atoms with Gasteiger partial charge in [0.25, 0.3) is 0 Å². The molecule has 1 aliphatic rings. The Morgan fingerprint density at radius 1 is 1.29 bits per heavy atom. The molecule has 1 atom stereocenters. The van der Waals surface area contributed by atoms with Crippen molar-refractivity contribution in [2.24, 2.45) is 11.8 Å². The van der Waals surface area contributed by atoms with Gasteiger partial charge in [0.1, 0.15) is 6.04 Å². The van der Waals surface area contributed by atoms with Crippen LogP contribution in [0.15, 0.2) is 0 Å². The Kier molecular flexibility index (Phi) is 6.96. The molecule has 0 aromatic carbocycles. The minimum atomic E-state index is -0.508. The predicted octanol–water partition coefficient (Wildman–Crippen LogP) is 0.742. The van der Waals surface area contributed by atoms with Crippen molar-refractivity contribution in [3.05, 3.63) is 0 Å². The van der Waals surface area contributed by atoms with E-state index in [9.17, 15) is 9.59 Å². The van der Waals surface area contributed by atoms with Crippen LogP contribution in [0, 0.1) is 11.8 Å². The van der Waals surface area contributed by atoms with Crippen LogP contribution in [0.25, 0.3) is 0 Å². The van der Waals surface area contributed by atoms with E-state index in [-0.39, 0.29) is 23.7 Å². The summed E-state index contributed by atoms with van der Waals surface area (Å²) >= 11 is 1.73. The molecule has 0 N–H and O–H groups in total. The summed E-state index contributed by atoms with van der Waals surface area (Å²) in [6.45, 7) is 5.33. The van der Waals surface area contributed by atoms with E-state index in [1.54, 1.807) is 23.9 Å². The first-order valence-corrected chi connectivity index (χ1v) is 8.09. The van der Waals surface area contributed by atoms with Crippen LogP contribution in [0.5, 0.6) is 0 Å². The summed E-state index contributed by atoms with van der Waals surface area (Å²) in [4.78, 5) is 27.9. The molecule has 1 fully saturated rings. The molecule has 7 heteroatoms. The van der Waals surface area contributed by atoms with Crippen molar-refractivity contribution in [1.29, 1.82) is 0 Å². The third-order valence-corrected chi connectivity index (χ3v) is 4.83. The number of hydrogen-bond donors (Lipinski definition) is 0. The van der Waals surface area contributed by atoms with Crippen molar-refractivity contribution in [2.75, 3.05) is 47.2 Å². The van der Waals surface area contributed by atoms with Gasteiger partial charge in [-0.25, -0.2) is 9.10 Å². The quantitative estimate of drug-likeness (QED) is 0.392. The largest absolute Gasteiger partial charge is 0.467 e. The van der Waals surface area contributed by atoms with Crippen LogP contribution < -0.4 is 0 Å². The highest BCUT2D eigenvalue weighted by molar-refractivity contribution is 7.97. The molecule has 1 saturated heterocycles. The Morgan fingerprint density at radius 2 is 1.86 bits per heavy atom. The van der Waals surface area contributed by atoms with Crippen molar-refractivity contribution in [1.82, 2.24) is 14.1 Å². The van der Waals surface area contributed by atoms with E-state index >= 15 is 0 Å². The number of ether oxygens (including phenoxy) is 1. The molecule has 0 aromatic rings. The number of carbonyl (C=O) groups is 2. The molecular weight excluding hydrogens is 290 g/mol. The zero-order valence-electron chi connectivity index (χ0n) is 13.8. The van der Waals surface area contributed by atoms with Gasteiger partial charge in [-0.05, 0) is 20.0 Å². The van der Waals surface area contributed by atoms with Crippen molar-refractivity contribution in [2.45, 2.75) is 19.9 Å². The summed E-state index contributed by atoms with van der Waals surface area (Å²) in [7, 11) is 7.10. The lowest BCUT2D eigenvalue weighted by atomic mass is 9.97. The number of hydrogen-bond acceptors (Lipinski definition) is 6. The lowest BCUT2D eigenvalue weighted by Gasteiger charge is -2.41. The number of rotatable bonds is 7. The van der Waals surface area contributed by atoms with Gasteiger partial charge in [-0.3, -0.25) is 9.69 Å². The van der Waals surface area contributed by atoms with Gasteiger partial charge in [-0.2, -0.15) is 0 Å². The molecule has 0 saturated carbocycles. The van der Waals surface area contributed by atoms with E-state index in [4.69, 9.17) is 4.74 Å². The number of esters is 1. The average molecular weight is 317 g/mol. The van der Waals surface area contributed by atoms with E-state index in [1.807, 2.05) is 27.9 Å². The summed E-state index contributed by atoms with van der Waals surface area (Å²) in [6.07, 6.45) is 0. The summed E-state index contributed by atoms with van der Waals surface area (Å²) in [6, 6.07) is -0.508. The maximum Gasteiger partial charge on any atom is 0.328 e. The molecule has 0 aliphatic carbocycles. The molecule has 1 aliphatic heterocycles. The van der Waals surface area contributed by atoms with E-state index in [0.29, 0.717) is 0 Å². The van der Waals surface area contributed by atoms with Gasteiger partial charge in [-0.15, -0.1) is 0 Å². The van der Waals surface area contributed by atoms with Crippen LogP contribution in [0.3, 0.4) is 0 Å². The lowest BCUT2D eigenvalue weighted by Crippen LogP contribution is -2.55. The third-order valence-electron chi connectivity index (χ3n) is 3.53. The topological polar surface area (TPSA) is 53.1 Å². The van der Waals surface area contributed by atoms with Gasteiger partial charge in [-0.1, -0.05) is 25.8 Å². The van der Waals surface area contributed by atoms with Gasteiger partial charge in [0.05, 0.1) is 18.9 Å². The fourth-order valence-electron chi connectivity index (χ4n) is 2.32. The zero-order valence-corrected chi connectivity index (χ0v) is 14.6. The SMILES string of the molecule is COC(=O)C(C(C)C)N(C)C(=O)C1CN(SCN(C)C)C1. The van der Waals surface area contributed by atoms with Gasteiger partial charge in [0.15, 0.2) is 0 Å². The Morgan fingerprint density at radius 3 is 2.29 bits per heavy atom. The Bertz CT molecular complexity index is 370. The predicted molar refractivity (Wildman–Crippen MR) is 84.6 cm³/mol. The monoisotopic (exact) mass is 317 g/mol. The van der Waals surface area contributed by atoms with Crippen molar-refractivity contribution >= 4 is 23.8 Å². The second kappa shape index (κ2) is 8.00. The molecule has 0 spiro atoms. The van der Waals surface area contributed by atoms with Gasteiger partial charge < -0.3 is 9.64 Å². The van der Waals surface area contributed by atoms with Crippen LogP contribution >= 0.6 is 11.9 Å². The van der Waals surface area contributed by atoms with Crippen LogP contribution in [0.2, 0.25) is 0 Å². The standard InChI is InChI=1S/C14H27N3O3S/c1-10(2)12(14(19)20-6)16(5)13(18)11-7-17(8-11)21-9-15(3)4/h10-12H,7-9H2,1-6H3. The van der Waals surface area contributed by atoms with Crippen molar-refractivity contribution in [3.63, 3.8) is 0 Å². The van der Waals surface area contributed by atoms with Crippen LogP contribution in [-0.2, 0) is 14.3 Å². The number of amides is 1. The Balaban J connectivity index is 2.50. The number of nitrogens with zero attached hydrogens (tertiary/aromatic N) is 3. The highest BCUT2D eigenvalue weighted by Crippen LogP contribution is 2.26. The van der Waals surface area contributed by atoms with Gasteiger partial charge >= 0.3 is 5.97 Å². The highest BCUT2D eigenvalue weighted by atomic mass is 32.2. The summed E-state index contributed by atoms with van der Waals surface area (Å²) in [5.74, 6) is 0.606. The molecule has 6 nitrogen and oxygen atoms in total. The second-order valence-electron chi connectivity index (χ2n) is 6.04. The first kappa shape index (κ1) is 18.3. The second-order valence-corrected chi connectivity index (χ2v) is 7.08. The smallest absolute Gasteiger partial charge is 0.328 e. The molecule has 1 amide bonds. The average Bonchev–Trinajstić information content (AvgIpc) is 2.35. The maximum atomic E-state index is 12.4. The van der Waals surface area contributed by atoms with E-state index in [1.165, 1.54) is 7.11 Å². The summed E-state index contributed by atoms with van der Waals surface area (Å²) < 4.78 is 6.99. The minimum absolute atomic E-state index is 0.0180. The number of carbonyl (C=O) groups excluding carboxylic acids is 2. The van der Waals surface area contributed by atoms with Crippen LogP contribution in [0.4, 0.5) is 0 Å². The molecule has 21 heavy (non-hydrogen) atoms. The van der Waals surface area contributed by atoms with Crippen LogP contribution in [-0.4, -0.2) is 79.2 Å². The molecule has 1 unspecified atom stereocenters. The highest BCUT2D eigenvalue weighted by Gasteiger charge is 2.39. The Labute approximate surface area is 131 Å². The maximum absolute atomic E-state index is 12.4. The fraction of sp³-hybridized carbons (Fsp3) is 0.857.